The van der Waals surface area contributed by atoms with Crippen molar-refractivity contribution in [1.82, 2.24) is 0 Å². The highest BCUT2D eigenvalue weighted by Gasteiger charge is 2.21. The largest absolute Gasteiger partial charge is 0.192 e. The van der Waals surface area contributed by atoms with Gasteiger partial charge in [-0.1, -0.05) is 36.8 Å². The van der Waals surface area contributed by atoms with E-state index in [2.05, 4.69) is 32.9 Å². The van der Waals surface area contributed by atoms with Gasteiger partial charge in [-0.25, -0.2) is 0 Å². The Morgan fingerprint density at radius 2 is 1.88 bits per heavy atom. The van der Waals surface area contributed by atoms with Crippen LogP contribution in [0.1, 0.15) is 31.9 Å². The van der Waals surface area contributed by atoms with Gasteiger partial charge in [0.25, 0.3) is 0 Å². The van der Waals surface area contributed by atoms with Crippen molar-refractivity contribution in [3.05, 3.63) is 52.6 Å². The predicted molar refractivity (Wildman–Crippen MR) is 66.7 cm³/mol. The molecule has 0 saturated carbocycles. The Labute approximate surface area is 96.7 Å². The average molecular weight is 209 g/mol. The third-order valence-corrected chi connectivity index (χ3v) is 3.29. The molecule has 0 bridgehead atoms. The summed E-state index contributed by atoms with van der Waals surface area (Å²) in [5.41, 5.74) is 5.80. The molecule has 0 fully saturated rings. The minimum absolute atomic E-state index is 0.412. The van der Waals surface area contributed by atoms with Crippen LogP contribution in [0.25, 0.3) is 5.57 Å². The summed E-state index contributed by atoms with van der Waals surface area (Å²) in [6.45, 7) is 6.45. The Hall–Kier alpha value is -1.81. The van der Waals surface area contributed by atoms with Gasteiger partial charge in [0.15, 0.2) is 0 Å². The molecule has 1 unspecified atom stereocenters. The molecule has 1 heteroatoms. The van der Waals surface area contributed by atoms with Gasteiger partial charge in [0.2, 0.25) is 0 Å². The fourth-order valence-electron chi connectivity index (χ4n) is 2.40. The maximum absolute atomic E-state index is 9.13. The average Bonchev–Trinajstić information content (AvgIpc) is 2.53. The predicted octanol–water partition coefficient (Wildman–Crippen LogP) is 3.93. The van der Waals surface area contributed by atoms with Crippen molar-refractivity contribution >= 4 is 5.57 Å². The van der Waals surface area contributed by atoms with E-state index in [1.807, 2.05) is 24.3 Å². The lowest BCUT2D eigenvalue weighted by Crippen LogP contribution is -1.96. The van der Waals surface area contributed by atoms with Crippen molar-refractivity contribution in [2.24, 2.45) is 5.92 Å². The molecule has 0 amide bonds. The third-order valence-electron chi connectivity index (χ3n) is 3.29. The lowest BCUT2D eigenvalue weighted by Gasteiger charge is -2.12. The Balaban J connectivity index is 2.60. The molecule has 0 aromatic heterocycles. The summed E-state index contributed by atoms with van der Waals surface area (Å²) in [7, 11) is 0. The molecule has 1 aromatic carbocycles. The van der Waals surface area contributed by atoms with E-state index in [-0.39, 0.29) is 0 Å². The quantitative estimate of drug-likeness (QED) is 0.687. The number of nitriles is 1. The second-order valence-electron chi connectivity index (χ2n) is 4.33. The van der Waals surface area contributed by atoms with Crippen LogP contribution in [-0.4, -0.2) is 0 Å². The molecule has 1 atom stereocenters. The third kappa shape index (κ3) is 1.57. The molecule has 0 saturated heterocycles. The molecule has 0 radical (unpaired) electrons. The fourth-order valence-corrected chi connectivity index (χ4v) is 2.40. The summed E-state index contributed by atoms with van der Waals surface area (Å²) < 4.78 is 0. The molecule has 1 nitrogen and oxygen atoms in total. The topological polar surface area (TPSA) is 23.8 Å². The molecule has 1 aliphatic rings. The van der Waals surface area contributed by atoms with Crippen molar-refractivity contribution in [1.29, 1.82) is 5.26 Å². The number of hydrogen-bond donors (Lipinski definition) is 0. The van der Waals surface area contributed by atoms with Crippen LogP contribution in [0.2, 0.25) is 0 Å². The van der Waals surface area contributed by atoms with Gasteiger partial charge >= 0.3 is 0 Å². The molecule has 1 aromatic rings. The number of rotatable bonds is 1. The van der Waals surface area contributed by atoms with E-state index >= 15 is 0 Å². The fraction of sp³-hybridized carbons (Fsp3) is 0.267. The zero-order valence-electron chi connectivity index (χ0n) is 9.91. The van der Waals surface area contributed by atoms with Crippen LogP contribution < -0.4 is 0 Å². The van der Waals surface area contributed by atoms with Gasteiger partial charge in [-0.2, -0.15) is 5.26 Å². The smallest absolute Gasteiger partial charge is 0.0998 e. The van der Waals surface area contributed by atoms with E-state index in [4.69, 9.17) is 5.26 Å². The molecule has 0 heterocycles. The van der Waals surface area contributed by atoms with Crippen LogP contribution in [0.15, 0.2) is 41.5 Å². The summed E-state index contributed by atoms with van der Waals surface area (Å²) in [5, 5.41) is 9.13. The van der Waals surface area contributed by atoms with E-state index < -0.39 is 0 Å². The van der Waals surface area contributed by atoms with Crippen molar-refractivity contribution in [3.63, 3.8) is 0 Å². The highest BCUT2D eigenvalue weighted by atomic mass is 14.3. The van der Waals surface area contributed by atoms with Gasteiger partial charge in [-0.05, 0) is 36.6 Å². The maximum atomic E-state index is 9.13. The van der Waals surface area contributed by atoms with Gasteiger partial charge in [0.1, 0.15) is 0 Å². The molecule has 16 heavy (non-hydrogen) atoms. The molecule has 80 valence electrons. The molecular formula is C15H15N. The van der Waals surface area contributed by atoms with Gasteiger partial charge < -0.3 is 0 Å². The second kappa shape index (κ2) is 3.98. The Bertz CT molecular complexity index is 527. The zero-order chi connectivity index (χ0) is 11.7. The molecular weight excluding hydrogens is 194 g/mol. The standard InChI is InChI=1S/C15H15N/c1-10-8-11(2)15(12(10)3)14-7-5-4-6-13(14)9-16/h4-8,11H,1-3H3. The van der Waals surface area contributed by atoms with Crippen molar-refractivity contribution < 1.29 is 0 Å². The summed E-state index contributed by atoms with van der Waals surface area (Å²) in [5.74, 6) is 0.412. The Morgan fingerprint density at radius 1 is 1.19 bits per heavy atom. The maximum Gasteiger partial charge on any atom is 0.0998 e. The molecule has 1 aliphatic carbocycles. The minimum atomic E-state index is 0.412. The Morgan fingerprint density at radius 3 is 2.44 bits per heavy atom. The number of benzene rings is 1. The molecule has 0 spiro atoms. The first-order valence-electron chi connectivity index (χ1n) is 5.54. The molecule has 0 N–H and O–H groups in total. The molecule has 2 rings (SSSR count). The lowest BCUT2D eigenvalue weighted by atomic mass is 9.91. The van der Waals surface area contributed by atoms with Gasteiger partial charge in [-0.3, -0.25) is 0 Å². The van der Waals surface area contributed by atoms with Crippen LogP contribution in [-0.2, 0) is 0 Å². The summed E-state index contributed by atoms with van der Waals surface area (Å²) in [6.07, 6.45) is 2.26. The van der Waals surface area contributed by atoms with E-state index in [0.29, 0.717) is 5.92 Å². The van der Waals surface area contributed by atoms with Crippen LogP contribution in [0.3, 0.4) is 0 Å². The van der Waals surface area contributed by atoms with Crippen LogP contribution in [0.5, 0.6) is 0 Å². The van der Waals surface area contributed by atoms with E-state index in [1.54, 1.807) is 0 Å². The highest BCUT2D eigenvalue weighted by molar-refractivity contribution is 5.80. The second-order valence-corrected chi connectivity index (χ2v) is 4.33. The number of hydrogen-bond acceptors (Lipinski definition) is 1. The number of nitrogens with zero attached hydrogens (tertiary/aromatic N) is 1. The van der Waals surface area contributed by atoms with Crippen molar-refractivity contribution in [3.8, 4) is 6.07 Å². The van der Waals surface area contributed by atoms with E-state index in [9.17, 15) is 0 Å². The summed E-state index contributed by atoms with van der Waals surface area (Å²) in [4.78, 5) is 0. The lowest BCUT2D eigenvalue weighted by molar-refractivity contribution is 0.974. The van der Waals surface area contributed by atoms with Crippen LogP contribution in [0, 0.1) is 17.2 Å². The van der Waals surface area contributed by atoms with E-state index in [1.165, 1.54) is 16.7 Å². The SMILES string of the molecule is CC1=CC(C)C(c2ccccc2C#N)=C1C. The van der Waals surface area contributed by atoms with Gasteiger partial charge in [0, 0.05) is 5.92 Å². The normalized spacial score (nSPS) is 19.6. The summed E-state index contributed by atoms with van der Waals surface area (Å²) in [6, 6.07) is 10.1. The van der Waals surface area contributed by atoms with Gasteiger partial charge in [-0.15, -0.1) is 0 Å². The minimum Gasteiger partial charge on any atom is -0.192 e. The summed E-state index contributed by atoms with van der Waals surface area (Å²) >= 11 is 0. The first kappa shape index (κ1) is 10.7. The Kier molecular flexibility index (Phi) is 2.66. The zero-order valence-corrected chi connectivity index (χ0v) is 9.91. The van der Waals surface area contributed by atoms with Gasteiger partial charge in [0.05, 0.1) is 11.6 Å². The first-order chi connectivity index (χ1) is 7.65. The first-order valence-corrected chi connectivity index (χ1v) is 5.54. The highest BCUT2D eigenvalue weighted by Crippen LogP contribution is 2.38. The van der Waals surface area contributed by atoms with Crippen LogP contribution in [0.4, 0.5) is 0 Å². The van der Waals surface area contributed by atoms with Crippen molar-refractivity contribution in [2.45, 2.75) is 20.8 Å². The van der Waals surface area contributed by atoms with Crippen molar-refractivity contribution in [2.75, 3.05) is 0 Å². The van der Waals surface area contributed by atoms with E-state index in [0.717, 1.165) is 11.1 Å². The molecule has 0 aliphatic heterocycles. The number of allylic oxidation sites excluding steroid dienone is 4. The van der Waals surface area contributed by atoms with Crippen LogP contribution >= 0.6 is 0 Å². The monoisotopic (exact) mass is 209 g/mol.